The highest BCUT2D eigenvalue weighted by molar-refractivity contribution is 5.66. The summed E-state index contributed by atoms with van der Waals surface area (Å²) >= 11 is 0. The van der Waals surface area contributed by atoms with E-state index in [0.29, 0.717) is 17.4 Å². The van der Waals surface area contributed by atoms with Crippen molar-refractivity contribution in [2.45, 2.75) is 27.2 Å². The van der Waals surface area contributed by atoms with Gasteiger partial charge in [-0.25, -0.2) is 4.98 Å². The third-order valence-electron chi connectivity index (χ3n) is 2.80. The summed E-state index contributed by atoms with van der Waals surface area (Å²) in [7, 11) is 0. The lowest BCUT2D eigenvalue weighted by Gasteiger charge is -2.12. The van der Waals surface area contributed by atoms with Crippen LogP contribution in [0.1, 0.15) is 24.5 Å². The Morgan fingerprint density at radius 2 is 1.85 bits per heavy atom. The predicted molar refractivity (Wildman–Crippen MR) is 81.2 cm³/mol. The van der Waals surface area contributed by atoms with Crippen LogP contribution in [-0.2, 0) is 0 Å². The van der Waals surface area contributed by atoms with Crippen molar-refractivity contribution in [1.82, 2.24) is 9.97 Å². The van der Waals surface area contributed by atoms with Crippen molar-refractivity contribution in [3.8, 4) is 11.6 Å². The Hall–Kier alpha value is -2.30. The first-order valence-electron chi connectivity index (χ1n) is 6.70. The Morgan fingerprint density at radius 3 is 2.50 bits per heavy atom. The van der Waals surface area contributed by atoms with Crippen molar-refractivity contribution in [1.29, 1.82) is 0 Å². The minimum Gasteiger partial charge on any atom is -0.437 e. The van der Waals surface area contributed by atoms with E-state index in [4.69, 9.17) is 10.5 Å². The molecule has 0 amide bonds. The molecule has 20 heavy (non-hydrogen) atoms. The van der Waals surface area contributed by atoms with Gasteiger partial charge in [-0.2, -0.15) is 4.98 Å². The summed E-state index contributed by atoms with van der Waals surface area (Å²) in [4.78, 5) is 8.23. The molecule has 0 fully saturated rings. The molecule has 0 spiro atoms. The third-order valence-corrected chi connectivity index (χ3v) is 2.80. The Labute approximate surface area is 119 Å². The van der Waals surface area contributed by atoms with Crippen LogP contribution in [0.25, 0.3) is 0 Å². The van der Waals surface area contributed by atoms with Crippen LogP contribution in [0.3, 0.4) is 0 Å². The van der Waals surface area contributed by atoms with Gasteiger partial charge in [-0.15, -0.1) is 0 Å². The van der Waals surface area contributed by atoms with Crippen LogP contribution in [0.15, 0.2) is 24.5 Å². The Morgan fingerprint density at radius 1 is 1.15 bits per heavy atom. The van der Waals surface area contributed by atoms with E-state index >= 15 is 0 Å². The van der Waals surface area contributed by atoms with Crippen molar-refractivity contribution in [2.24, 2.45) is 0 Å². The fourth-order valence-corrected chi connectivity index (χ4v) is 1.95. The van der Waals surface area contributed by atoms with Crippen molar-refractivity contribution in [2.75, 3.05) is 17.6 Å². The number of ether oxygens (including phenoxy) is 1. The maximum atomic E-state index is 6.04. The monoisotopic (exact) mass is 272 g/mol. The minimum absolute atomic E-state index is 0.378. The fraction of sp³-hybridized carbons (Fsp3) is 0.333. The van der Waals surface area contributed by atoms with Gasteiger partial charge >= 0.3 is 0 Å². The van der Waals surface area contributed by atoms with Gasteiger partial charge in [-0.3, -0.25) is 0 Å². The van der Waals surface area contributed by atoms with Gasteiger partial charge in [0.2, 0.25) is 5.88 Å². The molecule has 0 bridgehead atoms. The summed E-state index contributed by atoms with van der Waals surface area (Å²) in [6, 6.07) is 5.99. The predicted octanol–water partition coefficient (Wildman–Crippen LogP) is 3.29. The van der Waals surface area contributed by atoms with Crippen LogP contribution in [0, 0.1) is 13.8 Å². The first-order chi connectivity index (χ1) is 9.60. The molecule has 1 aromatic heterocycles. The van der Waals surface area contributed by atoms with Gasteiger partial charge in [-0.05, 0) is 43.5 Å². The Bertz CT molecular complexity index is 578. The molecule has 0 aliphatic carbocycles. The third kappa shape index (κ3) is 3.38. The maximum absolute atomic E-state index is 6.04. The lowest BCUT2D eigenvalue weighted by Crippen LogP contribution is -2.07. The van der Waals surface area contributed by atoms with Crippen LogP contribution < -0.4 is 15.8 Å². The van der Waals surface area contributed by atoms with Gasteiger partial charge in [0, 0.05) is 6.54 Å². The van der Waals surface area contributed by atoms with E-state index in [-0.39, 0.29) is 0 Å². The van der Waals surface area contributed by atoms with Gasteiger partial charge < -0.3 is 15.8 Å². The standard InChI is InChI=1S/C15H20N4O/c1-4-5-17-14-13(16)15(19-9-18-14)20-12-7-10(2)6-11(3)8-12/h6-9H,4-5,16H2,1-3H3,(H,17,18,19). The van der Waals surface area contributed by atoms with E-state index in [9.17, 15) is 0 Å². The topological polar surface area (TPSA) is 73.1 Å². The Kier molecular flexibility index (Phi) is 4.40. The smallest absolute Gasteiger partial charge is 0.248 e. The molecule has 0 aliphatic heterocycles. The molecule has 0 atom stereocenters. The summed E-state index contributed by atoms with van der Waals surface area (Å²) < 4.78 is 5.78. The van der Waals surface area contributed by atoms with Gasteiger partial charge in [-0.1, -0.05) is 13.0 Å². The number of nitrogens with one attached hydrogen (secondary N) is 1. The van der Waals surface area contributed by atoms with E-state index in [1.165, 1.54) is 6.33 Å². The van der Waals surface area contributed by atoms with Crippen molar-refractivity contribution < 1.29 is 4.74 Å². The van der Waals surface area contributed by atoms with E-state index in [2.05, 4.69) is 28.3 Å². The van der Waals surface area contributed by atoms with E-state index < -0.39 is 0 Å². The van der Waals surface area contributed by atoms with Crippen molar-refractivity contribution in [3.63, 3.8) is 0 Å². The Balaban J connectivity index is 2.24. The van der Waals surface area contributed by atoms with Crippen molar-refractivity contribution >= 4 is 11.5 Å². The summed E-state index contributed by atoms with van der Waals surface area (Å²) in [6.07, 6.45) is 2.45. The molecule has 2 rings (SSSR count). The number of nitrogens with two attached hydrogens (primary N) is 1. The quantitative estimate of drug-likeness (QED) is 0.873. The summed E-state index contributed by atoms with van der Waals surface area (Å²) in [6.45, 7) is 6.94. The number of aryl methyl sites for hydroxylation is 2. The first-order valence-corrected chi connectivity index (χ1v) is 6.70. The highest BCUT2D eigenvalue weighted by Gasteiger charge is 2.10. The second-order valence-electron chi connectivity index (χ2n) is 4.79. The minimum atomic E-state index is 0.378. The first kappa shape index (κ1) is 14.1. The molecule has 3 N–H and O–H groups in total. The zero-order valence-corrected chi connectivity index (χ0v) is 12.1. The molecule has 1 heterocycles. The van der Waals surface area contributed by atoms with E-state index in [1.54, 1.807) is 0 Å². The number of benzene rings is 1. The number of nitrogen functional groups attached to an aromatic ring is 1. The molecule has 0 saturated carbocycles. The molecule has 5 heteroatoms. The number of hydrogen-bond acceptors (Lipinski definition) is 5. The van der Waals surface area contributed by atoms with Gasteiger partial charge in [0.1, 0.15) is 17.8 Å². The zero-order valence-electron chi connectivity index (χ0n) is 12.1. The van der Waals surface area contributed by atoms with E-state index in [0.717, 1.165) is 29.8 Å². The molecule has 5 nitrogen and oxygen atoms in total. The molecule has 106 valence electrons. The molecule has 2 aromatic rings. The van der Waals surface area contributed by atoms with Crippen LogP contribution >= 0.6 is 0 Å². The van der Waals surface area contributed by atoms with E-state index in [1.807, 2.05) is 26.0 Å². The fourth-order valence-electron chi connectivity index (χ4n) is 1.95. The largest absolute Gasteiger partial charge is 0.437 e. The molecular formula is C15H20N4O. The number of anilines is 2. The van der Waals surface area contributed by atoms with Gasteiger partial charge in [0.05, 0.1) is 0 Å². The maximum Gasteiger partial charge on any atom is 0.248 e. The summed E-state index contributed by atoms with van der Waals surface area (Å²) in [5.41, 5.74) is 8.74. The second-order valence-corrected chi connectivity index (χ2v) is 4.79. The number of nitrogens with zero attached hydrogens (tertiary/aromatic N) is 2. The highest BCUT2D eigenvalue weighted by Crippen LogP contribution is 2.30. The van der Waals surface area contributed by atoms with Crippen molar-refractivity contribution in [3.05, 3.63) is 35.7 Å². The normalized spacial score (nSPS) is 10.3. The lowest BCUT2D eigenvalue weighted by atomic mass is 10.1. The van der Waals surface area contributed by atoms with Gasteiger partial charge in [0.25, 0.3) is 0 Å². The number of hydrogen-bond donors (Lipinski definition) is 2. The second kappa shape index (κ2) is 6.23. The molecule has 0 aliphatic rings. The lowest BCUT2D eigenvalue weighted by molar-refractivity contribution is 0.464. The molecule has 0 radical (unpaired) electrons. The molecular weight excluding hydrogens is 252 g/mol. The summed E-state index contributed by atoms with van der Waals surface area (Å²) in [5, 5.41) is 3.16. The summed E-state index contributed by atoms with van der Waals surface area (Å²) in [5.74, 6) is 1.72. The zero-order chi connectivity index (χ0) is 14.5. The average molecular weight is 272 g/mol. The highest BCUT2D eigenvalue weighted by atomic mass is 16.5. The molecule has 1 aromatic carbocycles. The number of aromatic nitrogens is 2. The van der Waals surface area contributed by atoms with Crippen LogP contribution in [0.4, 0.5) is 11.5 Å². The molecule has 0 saturated heterocycles. The average Bonchev–Trinajstić information content (AvgIpc) is 2.38. The van der Waals surface area contributed by atoms with Crippen LogP contribution in [0.2, 0.25) is 0 Å². The van der Waals surface area contributed by atoms with Crippen LogP contribution in [-0.4, -0.2) is 16.5 Å². The molecule has 0 unspecified atom stereocenters. The van der Waals surface area contributed by atoms with Crippen LogP contribution in [0.5, 0.6) is 11.6 Å². The van der Waals surface area contributed by atoms with Gasteiger partial charge in [0.15, 0.2) is 5.82 Å². The SMILES string of the molecule is CCCNc1ncnc(Oc2cc(C)cc(C)c2)c1N. The number of rotatable bonds is 5.